The van der Waals surface area contributed by atoms with Crippen LogP contribution in [0.25, 0.3) is 0 Å². The van der Waals surface area contributed by atoms with Gasteiger partial charge in [-0.05, 0) is 105 Å². The zero-order chi connectivity index (χ0) is 33.3. The van der Waals surface area contributed by atoms with Crippen LogP contribution in [0.1, 0.15) is 67.4 Å². The van der Waals surface area contributed by atoms with Gasteiger partial charge in [-0.2, -0.15) is 0 Å². The number of nitrogens with one attached hydrogen (secondary N) is 1. The minimum Gasteiger partial charge on any atom is -0.487 e. The Morgan fingerprint density at radius 3 is 2.59 bits per heavy atom. The van der Waals surface area contributed by atoms with E-state index in [-0.39, 0.29) is 29.1 Å². The summed E-state index contributed by atoms with van der Waals surface area (Å²) in [4.78, 5) is 15.6. The Morgan fingerprint density at radius 1 is 1.11 bits per heavy atom. The largest absolute Gasteiger partial charge is 0.487 e. The normalized spacial score (nSPS) is 29.5. The van der Waals surface area contributed by atoms with Gasteiger partial charge in [0.05, 0.1) is 16.7 Å². The standard InChI is InChI=1S/C34H45ClN2O7S2/c1-23-8-7-16-34(43-3,22-45(4,39)40)30-14-11-27(30)20-37-17-6-5-9-25-18-29(35)13-10-28(25)21-44-32-15-12-26(19-31(32)37)33(38)36-46(41,42)24(23)2/h7,10,12-13,15-16,18-19,23-24,27,30H,5-6,8-9,11,14,17,20-22H2,1-4H3,(H,36,38)/b16-7+/t23-,24+,27-,30+,34-/m0/s1. The van der Waals surface area contributed by atoms with E-state index in [1.165, 1.54) is 6.26 Å². The maximum absolute atomic E-state index is 13.4. The van der Waals surface area contributed by atoms with Crippen molar-refractivity contribution >= 4 is 43.1 Å². The lowest BCUT2D eigenvalue weighted by molar-refractivity contribution is -0.0595. The second-order valence-corrected chi connectivity index (χ2v) is 17.9. The van der Waals surface area contributed by atoms with Gasteiger partial charge in [-0.1, -0.05) is 36.7 Å². The molecule has 1 saturated carbocycles. The Morgan fingerprint density at radius 2 is 1.89 bits per heavy atom. The van der Waals surface area contributed by atoms with Gasteiger partial charge >= 0.3 is 0 Å². The summed E-state index contributed by atoms with van der Waals surface area (Å²) < 4.78 is 67.0. The van der Waals surface area contributed by atoms with Crippen LogP contribution in [0.2, 0.25) is 5.02 Å². The third-order valence-corrected chi connectivity index (χ3v) is 13.2. The number of amides is 1. The molecule has 1 aliphatic carbocycles. The number of fused-ring (bicyclic) bond motifs is 3. The third kappa shape index (κ3) is 7.75. The van der Waals surface area contributed by atoms with E-state index in [0.717, 1.165) is 43.2 Å². The second kappa shape index (κ2) is 13.9. The van der Waals surface area contributed by atoms with Crippen molar-refractivity contribution in [2.45, 2.75) is 69.8 Å². The van der Waals surface area contributed by atoms with Crippen LogP contribution in [0.15, 0.2) is 48.6 Å². The number of carbonyl (C=O) groups excluding carboxylic acids is 1. The van der Waals surface area contributed by atoms with Gasteiger partial charge in [0.25, 0.3) is 5.91 Å². The maximum atomic E-state index is 13.4. The van der Waals surface area contributed by atoms with Crippen LogP contribution in [0.5, 0.6) is 5.75 Å². The van der Waals surface area contributed by atoms with Gasteiger partial charge in [0, 0.05) is 37.0 Å². The number of rotatable bonds is 3. The molecule has 0 unspecified atom stereocenters. The number of ether oxygens (including phenoxy) is 2. The maximum Gasteiger partial charge on any atom is 0.264 e. The molecule has 5 atom stereocenters. The molecule has 3 aliphatic rings. The predicted octanol–water partition coefficient (Wildman–Crippen LogP) is 5.56. The molecule has 0 radical (unpaired) electrons. The number of halogens is 1. The number of carbonyl (C=O) groups is 1. The molecule has 2 heterocycles. The van der Waals surface area contributed by atoms with E-state index < -0.39 is 36.6 Å². The minimum atomic E-state index is -4.02. The highest BCUT2D eigenvalue weighted by Crippen LogP contribution is 2.47. The van der Waals surface area contributed by atoms with Crippen molar-refractivity contribution < 1.29 is 31.1 Å². The van der Waals surface area contributed by atoms with Crippen LogP contribution in [-0.4, -0.2) is 65.8 Å². The van der Waals surface area contributed by atoms with Crippen LogP contribution in [0, 0.1) is 17.8 Å². The summed E-state index contributed by atoms with van der Waals surface area (Å²) in [5.41, 5.74) is 2.03. The Bertz CT molecular complexity index is 1690. The molecule has 2 bridgehead atoms. The Balaban J connectivity index is 1.60. The zero-order valence-corrected chi connectivity index (χ0v) is 29.4. The van der Waals surface area contributed by atoms with Gasteiger partial charge in [-0.25, -0.2) is 21.6 Å². The van der Waals surface area contributed by atoms with E-state index >= 15 is 0 Å². The molecule has 0 aromatic heterocycles. The topological polar surface area (TPSA) is 119 Å². The van der Waals surface area contributed by atoms with Gasteiger partial charge in [-0.15, -0.1) is 0 Å². The third-order valence-electron chi connectivity index (χ3n) is 10.0. The van der Waals surface area contributed by atoms with Crippen molar-refractivity contribution in [1.82, 2.24) is 4.72 Å². The molecule has 9 nitrogen and oxygen atoms in total. The van der Waals surface area contributed by atoms with E-state index in [0.29, 0.717) is 42.6 Å². The van der Waals surface area contributed by atoms with Gasteiger partial charge in [0.1, 0.15) is 18.0 Å². The van der Waals surface area contributed by atoms with Crippen LogP contribution in [0.4, 0.5) is 5.69 Å². The SMILES string of the molecule is CO[C@]1(CS(C)(=O)=O)/C=C/C[C@H](C)[C@@H](C)S(=O)(=O)NC(=O)c2ccc3c(c2)N(CCCCc2cc(Cl)ccc2CO3)C[C@@H]2CC[C@H]21. The van der Waals surface area contributed by atoms with Crippen molar-refractivity contribution in [3.8, 4) is 5.75 Å². The number of aryl methyl sites for hydroxylation is 1. The molecule has 2 aromatic rings. The van der Waals surface area contributed by atoms with Gasteiger partial charge in [0.15, 0.2) is 9.84 Å². The van der Waals surface area contributed by atoms with Crippen LogP contribution < -0.4 is 14.4 Å². The van der Waals surface area contributed by atoms with Crippen molar-refractivity contribution in [1.29, 1.82) is 0 Å². The van der Waals surface area contributed by atoms with Crippen molar-refractivity contribution in [3.05, 3.63) is 70.3 Å². The monoisotopic (exact) mass is 692 g/mol. The molecule has 2 aromatic carbocycles. The molecule has 0 spiro atoms. The van der Waals surface area contributed by atoms with Crippen LogP contribution in [0.3, 0.4) is 0 Å². The Hall–Kier alpha value is -2.60. The molecule has 252 valence electrons. The fraction of sp³-hybridized carbons (Fsp3) is 0.559. The molecule has 12 heteroatoms. The second-order valence-electron chi connectivity index (χ2n) is 13.3. The molecule has 46 heavy (non-hydrogen) atoms. The Labute approximate surface area is 278 Å². The van der Waals surface area contributed by atoms with Crippen molar-refractivity contribution in [2.75, 3.05) is 37.1 Å². The van der Waals surface area contributed by atoms with Crippen LogP contribution in [-0.2, 0) is 37.6 Å². The van der Waals surface area contributed by atoms with Crippen molar-refractivity contribution in [2.24, 2.45) is 17.8 Å². The number of allylic oxidation sites excluding steroid dienone is 1. The first kappa shape index (κ1) is 34.7. The van der Waals surface area contributed by atoms with E-state index in [1.807, 2.05) is 30.4 Å². The molecule has 2 aliphatic heterocycles. The minimum absolute atomic E-state index is 0.0757. The lowest BCUT2D eigenvalue weighted by atomic mass is 9.64. The first-order valence-electron chi connectivity index (χ1n) is 16.0. The summed E-state index contributed by atoms with van der Waals surface area (Å²) in [6.07, 6.45) is 9.58. The smallest absolute Gasteiger partial charge is 0.264 e. The highest BCUT2D eigenvalue weighted by atomic mass is 35.5. The summed E-state index contributed by atoms with van der Waals surface area (Å²) in [7, 11) is -5.89. The molecule has 1 fully saturated rings. The number of nitrogens with zero attached hydrogens (tertiary/aromatic N) is 1. The number of methoxy groups -OCH3 is 1. The molecule has 1 N–H and O–H groups in total. The molecular weight excluding hydrogens is 648 g/mol. The van der Waals surface area contributed by atoms with E-state index in [2.05, 4.69) is 9.62 Å². The highest BCUT2D eigenvalue weighted by molar-refractivity contribution is 7.91. The number of anilines is 1. The number of hydrogen-bond acceptors (Lipinski definition) is 8. The first-order chi connectivity index (χ1) is 21.7. The number of sulfone groups is 1. The summed E-state index contributed by atoms with van der Waals surface area (Å²) in [5.74, 6) is -0.594. The number of hydrogen-bond donors (Lipinski definition) is 1. The van der Waals surface area contributed by atoms with E-state index in [1.54, 1.807) is 39.2 Å². The first-order valence-corrected chi connectivity index (χ1v) is 20.0. The van der Waals surface area contributed by atoms with Gasteiger partial charge in [0.2, 0.25) is 10.0 Å². The zero-order valence-electron chi connectivity index (χ0n) is 27.0. The van der Waals surface area contributed by atoms with E-state index in [4.69, 9.17) is 21.1 Å². The van der Waals surface area contributed by atoms with E-state index in [9.17, 15) is 21.6 Å². The quantitative estimate of drug-likeness (QED) is 0.416. The summed E-state index contributed by atoms with van der Waals surface area (Å²) in [6, 6.07) is 10.9. The summed E-state index contributed by atoms with van der Waals surface area (Å²) in [6.45, 7) is 4.95. The number of sulfonamides is 1. The summed E-state index contributed by atoms with van der Waals surface area (Å²) >= 11 is 6.33. The fourth-order valence-corrected chi connectivity index (χ4v) is 9.75. The van der Waals surface area contributed by atoms with Gasteiger partial charge in [-0.3, -0.25) is 4.79 Å². The molecule has 5 rings (SSSR count). The average molecular weight is 693 g/mol. The van der Waals surface area contributed by atoms with Crippen LogP contribution >= 0.6 is 11.6 Å². The molecular formula is C34H45ClN2O7S2. The van der Waals surface area contributed by atoms with Gasteiger partial charge < -0.3 is 14.4 Å². The fourth-order valence-electron chi connectivity index (χ4n) is 7.02. The summed E-state index contributed by atoms with van der Waals surface area (Å²) in [5, 5.41) is -0.208. The highest BCUT2D eigenvalue weighted by Gasteiger charge is 2.49. The lowest BCUT2D eigenvalue weighted by Gasteiger charge is -2.49. The van der Waals surface area contributed by atoms with Crippen molar-refractivity contribution in [3.63, 3.8) is 0 Å². The Kier molecular flexibility index (Phi) is 10.5. The average Bonchev–Trinajstić information content (AvgIpc) is 3.00. The predicted molar refractivity (Wildman–Crippen MR) is 182 cm³/mol. The lowest BCUT2D eigenvalue weighted by Crippen LogP contribution is -2.54. The number of benzene rings is 2. The molecule has 0 saturated heterocycles. The molecule has 1 amide bonds.